The van der Waals surface area contributed by atoms with Crippen LogP contribution in [-0.4, -0.2) is 20.6 Å². The number of halogens is 2. The Morgan fingerprint density at radius 2 is 1.93 bits per heavy atom. The molecule has 1 N–H and O–H groups in total. The smallest absolute Gasteiger partial charge is 0.335 e. The van der Waals surface area contributed by atoms with Crippen LogP contribution in [0.4, 0.5) is 0 Å². The fourth-order valence-corrected chi connectivity index (χ4v) is 3.81. The van der Waals surface area contributed by atoms with Crippen molar-refractivity contribution in [1.29, 1.82) is 0 Å². The van der Waals surface area contributed by atoms with Gasteiger partial charge in [0, 0.05) is 22.2 Å². The third-order valence-electron chi connectivity index (χ3n) is 4.63. The lowest BCUT2D eigenvalue weighted by atomic mass is 10.0. The standard InChI is InChI=1S/C20H14Cl2N2O3/c21-15-4-1-5-16(22)13(15)9-11-3-2-8-24-18(11)23-17-7-6-12(20(26)27)10-14(17)19(24)25/h1,4-7,9-10H,2-3,8H2,(H,26,27). The fourth-order valence-electron chi connectivity index (χ4n) is 3.31. The molecule has 2 aromatic carbocycles. The Kier molecular flexibility index (Phi) is 4.50. The van der Waals surface area contributed by atoms with E-state index in [4.69, 9.17) is 28.3 Å². The number of rotatable bonds is 2. The first kappa shape index (κ1) is 17.8. The van der Waals surface area contributed by atoms with Gasteiger partial charge in [-0.1, -0.05) is 29.3 Å². The molecule has 3 aromatic rings. The summed E-state index contributed by atoms with van der Waals surface area (Å²) in [5.41, 5.74) is 1.86. The van der Waals surface area contributed by atoms with E-state index in [9.17, 15) is 9.59 Å². The van der Waals surface area contributed by atoms with Gasteiger partial charge in [0.05, 0.1) is 16.5 Å². The second-order valence-electron chi connectivity index (χ2n) is 6.34. The first-order valence-electron chi connectivity index (χ1n) is 8.38. The molecule has 0 bridgehead atoms. The van der Waals surface area contributed by atoms with E-state index in [2.05, 4.69) is 4.98 Å². The minimum Gasteiger partial charge on any atom is -0.478 e. The predicted molar refractivity (Wildman–Crippen MR) is 107 cm³/mol. The molecule has 5 nitrogen and oxygen atoms in total. The highest BCUT2D eigenvalue weighted by atomic mass is 35.5. The fraction of sp³-hybridized carbons (Fsp3) is 0.150. The highest BCUT2D eigenvalue weighted by Crippen LogP contribution is 2.32. The number of nitrogens with zero attached hydrogens (tertiary/aromatic N) is 2. The Morgan fingerprint density at radius 1 is 1.19 bits per heavy atom. The number of benzene rings is 2. The van der Waals surface area contributed by atoms with Gasteiger partial charge < -0.3 is 5.11 Å². The Labute approximate surface area is 164 Å². The molecule has 7 heteroatoms. The quantitative estimate of drug-likeness (QED) is 0.674. The van der Waals surface area contributed by atoms with Gasteiger partial charge in [0.25, 0.3) is 5.56 Å². The third kappa shape index (κ3) is 3.13. The van der Waals surface area contributed by atoms with Crippen LogP contribution in [0.2, 0.25) is 10.0 Å². The van der Waals surface area contributed by atoms with Crippen molar-refractivity contribution in [3.05, 3.63) is 73.7 Å². The summed E-state index contributed by atoms with van der Waals surface area (Å²) in [7, 11) is 0. The Balaban J connectivity index is 1.94. The van der Waals surface area contributed by atoms with Crippen LogP contribution in [0.15, 0.2) is 41.2 Å². The maximum Gasteiger partial charge on any atom is 0.335 e. The van der Waals surface area contributed by atoms with Gasteiger partial charge in [0.2, 0.25) is 0 Å². The van der Waals surface area contributed by atoms with Crippen molar-refractivity contribution < 1.29 is 9.90 Å². The van der Waals surface area contributed by atoms with Gasteiger partial charge in [-0.3, -0.25) is 9.36 Å². The molecular formula is C20H14Cl2N2O3. The van der Waals surface area contributed by atoms with Crippen LogP contribution < -0.4 is 5.56 Å². The largest absolute Gasteiger partial charge is 0.478 e. The summed E-state index contributed by atoms with van der Waals surface area (Å²) < 4.78 is 1.59. The number of carboxylic acid groups (broad SMARTS) is 1. The number of hydrogen-bond donors (Lipinski definition) is 1. The topological polar surface area (TPSA) is 72.2 Å². The zero-order valence-corrected chi connectivity index (χ0v) is 15.6. The normalized spacial score (nSPS) is 15.1. The molecule has 0 aliphatic carbocycles. The van der Waals surface area contributed by atoms with E-state index >= 15 is 0 Å². The highest BCUT2D eigenvalue weighted by molar-refractivity contribution is 6.37. The number of carboxylic acids is 1. The molecule has 0 amide bonds. The molecule has 27 heavy (non-hydrogen) atoms. The second kappa shape index (κ2) is 6.83. The number of allylic oxidation sites excluding steroid dienone is 1. The predicted octanol–water partition coefficient (Wildman–Crippen LogP) is 4.74. The number of aromatic carboxylic acids is 1. The van der Waals surface area contributed by atoms with Crippen LogP contribution in [0.5, 0.6) is 0 Å². The van der Waals surface area contributed by atoms with Gasteiger partial charge in [-0.25, -0.2) is 9.78 Å². The van der Waals surface area contributed by atoms with Crippen molar-refractivity contribution in [2.75, 3.05) is 0 Å². The summed E-state index contributed by atoms with van der Waals surface area (Å²) >= 11 is 12.6. The van der Waals surface area contributed by atoms with Crippen molar-refractivity contribution in [1.82, 2.24) is 9.55 Å². The minimum atomic E-state index is -1.08. The van der Waals surface area contributed by atoms with Gasteiger partial charge in [0.15, 0.2) is 0 Å². The van der Waals surface area contributed by atoms with Gasteiger partial charge in [-0.15, -0.1) is 0 Å². The van der Waals surface area contributed by atoms with Crippen LogP contribution in [0.3, 0.4) is 0 Å². The molecule has 0 saturated heterocycles. The zero-order valence-electron chi connectivity index (χ0n) is 14.1. The summed E-state index contributed by atoms with van der Waals surface area (Å²) in [4.78, 5) is 28.8. The molecule has 2 heterocycles. The summed E-state index contributed by atoms with van der Waals surface area (Å²) in [6, 6.07) is 9.69. The maximum atomic E-state index is 12.9. The van der Waals surface area contributed by atoms with Gasteiger partial charge in [-0.2, -0.15) is 0 Å². The van der Waals surface area contributed by atoms with Crippen molar-refractivity contribution in [3.63, 3.8) is 0 Å². The lowest BCUT2D eigenvalue weighted by Gasteiger charge is -2.21. The first-order valence-corrected chi connectivity index (χ1v) is 9.14. The molecular weight excluding hydrogens is 387 g/mol. The van der Waals surface area contributed by atoms with Gasteiger partial charge >= 0.3 is 5.97 Å². The molecule has 136 valence electrons. The SMILES string of the molecule is O=C(O)c1ccc2nc3n(c(=O)c2c1)CCCC3=Cc1c(Cl)cccc1Cl. The molecule has 0 saturated carbocycles. The summed E-state index contributed by atoms with van der Waals surface area (Å²) in [6.45, 7) is 0.530. The van der Waals surface area contributed by atoms with Crippen LogP contribution in [0.25, 0.3) is 22.6 Å². The van der Waals surface area contributed by atoms with Gasteiger partial charge in [0.1, 0.15) is 5.82 Å². The van der Waals surface area contributed by atoms with E-state index < -0.39 is 5.97 Å². The van der Waals surface area contributed by atoms with E-state index in [1.807, 2.05) is 6.08 Å². The Hall–Kier alpha value is -2.63. The molecule has 4 rings (SSSR count). The van der Waals surface area contributed by atoms with Crippen LogP contribution >= 0.6 is 23.2 Å². The molecule has 0 radical (unpaired) electrons. The van der Waals surface area contributed by atoms with Crippen LogP contribution in [0, 0.1) is 0 Å². The summed E-state index contributed by atoms with van der Waals surface area (Å²) in [5.74, 6) is -0.509. The lowest BCUT2D eigenvalue weighted by Crippen LogP contribution is -2.28. The third-order valence-corrected chi connectivity index (χ3v) is 5.29. The average molecular weight is 401 g/mol. The van der Waals surface area contributed by atoms with Gasteiger partial charge in [-0.05, 0) is 54.8 Å². The Bertz CT molecular complexity index is 1160. The highest BCUT2D eigenvalue weighted by Gasteiger charge is 2.20. The number of carbonyl (C=O) groups is 1. The molecule has 0 fully saturated rings. The van der Waals surface area contributed by atoms with E-state index in [1.165, 1.54) is 12.1 Å². The molecule has 0 atom stereocenters. The molecule has 1 aromatic heterocycles. The zero-order chi connectivity index (χ0) is 19.1. The average Bonchev–Trinajstić information content (AvgIpc) is 2.65. The molecule has 1 aliphatic heterocycles. The Morgan fingerprint density at radius 3 is 2.63 bits per heavy atom. The molecule has 0 spiro atoms. The minimum absolute atomic E-state index is 0.0661. The lowest BCUT2D eigenvalue weighted by molar-refractivity contribution is 0.0697. The van der Waals surface area contributed by atoms with Crippen LogP contribution in [0.1, 0.15) is 34.6 Å². The van der Waals surface area contributed by atoms with E-state index in [0.717, 1.165) is 18.4 Å². The molecule has 0 unspecified atom stereocenters. The van der Waals surface area contributed by atoms with E-state index in [-0.39, 0.29) is 11.1 Å². The molecule has 1 aliphatic rings. The van der Waals surface area contributed by atoms with E-state index in [0.29, 0.717) is 38.9 Å². The second-order valence-corrected chi connectivity index (χ2v) is 7.15. The number of aromatic nitrogens is 2. The van der Waals surface area contributed by atoms with Crippen molar-refractivity contribution in [2.24, 2.45) is 0 Å². The summed E-state index contributed by atoms with van der Waals surface area (Å²) in [6.07, 6.45) is 3.39. The maximum absolute atomic E-state index is 12.9. The number of hydrogen-bond acceptors (Lipinski definition) is 3. The van der Waals surface area contributed by atoms with Crippen LogP contribution in [-0.2, 0) is 6.54 Å². The van der Waals surface area contributed by atoms with E-state index in [1.54, 1.807) is 28.8 Å². The van der Waals surface area contributed by atoms with Crippen molar-refractivity contribution in [2.45, 2.75) is 19.4 Å². The summed E-state index contributed by atoms with van der Waals surface area (Å²) in [5, 5.41) is 10.5. The first-order chi connectivity index (χ1) is 13.0. The van der Waals surface area contributed by atoms with Crippen molar-refractivity contribution >= 4 is 51.7 Å². The van der Waals surface area contributed by atoms with Crippen molar-refractivity contribution in [3.8, 4) is 0 Å². The monoisotopic (exact) mass is 400 g/mol. The number of fused-ring (bicyclic) bond motifs is 2.